The minimum atomic E-state index is -0.118. The van der Waals surface area contributed by atoms with E-state index in [4.69, 9.17) is 37.9 Å². The maximum atomic E-state index is 5.76. The Morgan fingerprint density at radius 3 is 1.67 bits per heavy atom. The number of rotatable bonds is 19. The van der Waals surface area contributed by atoms with Crippen LogP contribution >= 0.6 is 0 Å². The van der Waals surface area contributed by atoms with Gasteiger partial charge in [0, 0.05) is 14.2 Å². The lowest BCUT2D eigenvalue weighted by Gasteiger charge is -2.18. The standard InChI is InChI=1S/C16H32O8/c1-17-3-5-19-7-9-21-11-15(23-13-16-14-24-16)12-22-10-8-20-6-4-18-2/h15-16H,3-14H2,1-2H3. The first-order valence-corrected chi connectivity index (χ1v) is 8.38. The van der Waals surface area contributed by atoms with Crippen LogP contribution in [0.3, 0.4) is 0 Å². The molecular weight excluding hydrogens is 320 g/mol. The molecule has 0 N–H and O–H groups in total. The molecule has 1 rings (SSSR count). The van der Waals surface area contributed by atoms with Crippen LogP contribution in [0.25, 0.3) is 0 Å². The molecular formula is C16H32O8. The van der Waals surface area contributed by atoms with Gasteiger partial charge in [-0.2, -0.15) is 0 Å². The van der Waals surface area contributed by atoms with Crippen molar-refractivity contribution in [3.05, 3.63) is 0 Å². The van der Waals surface area contributed by atoms with Gasteiger partial charge in [0.25, 0.3) is 0 Å². The summed E-state index contributed by atoms with van der Waals surface area (Å²) in [4.78, 5) is 0. The van der Waals surface area contributed by atoms with E-state index in [2.05, 4.69) is 0 Å². The molecule has 0 saturated carbocycles. The molecule has 24 heavy (non-hydrogen) atoms. The highest BCUT2D eigenvalue weighted by molar-refractivity contribution is 4.69. The summed E-state index contributed by atoms with van der Waals surface area (Å²) < 4.78 is 42.6. The predicted octanol–water partition coefficient (Wildman–Crippen LogP) is 0.130. The fourth-order valence-electron chi connectivity index (χ4n) is 1.71. The number of hydrogen-bond acceptors (Lipinski definition) is 8. The van der Waals surface area contributed by atoms with Crippen LogP contribution in [-0.4, -0.2) is 106 Å². The van der Waals surface area contributed by atoms with Crippen molar-refractivity contribution in [3.8, 4) is 0 Å². The van der Waals surface area contributed by atoms with E-state index in [1.54, 1.807) is 14.2 Å². The van der Waals surface area contributed by atoms with E-state index in [1.165, 1.54) is 0 Å². The lowest BCUT2D eigenvalue weighted by atomic mass is 10.4. The second-order valence-electron chi connectivity index (χ2n) is 5.27. The van der Waals surface area contributed by atoms with Gasteiger partial charge in [0.15, 0.2) is 0 Å². The molecule has 8 heteroatoms. The average Bonchev–Trinajstić information content (AvgIpc) is 3.41. The maximum absolute atomic E-state index is 5.76. The van der Waals surface area contributed by atoms with Crippen LogP contribution in [0.1, 0.15) is 0 Å². The molecule has 0 aliphatic carbocycles. The SMILES string of the molecule is COCCOCCOCC(COCCOCCOC)OCC1CO1. The smallest absolute Gasteiger partial charge is 0.104 e. The third kappa shape index (κ3) is 14.1. The van der Waals surface area contributed by atoms with E-state index in [1.807, 2.05) is 0 Å². The molecule has 0 aromatic carbocycles. The predicted molar refractivity (Wildman–Crippen MR) is 86.5 cm³/mol. The molecule has 0 bridgehead atoms. The molecule has 1 heterocycles. The minimum Gasteiger partial charge on any atom is -0.382 e. The highest BCUT2D eigenvalue weighted by Gasteiger charge is 2.24. The molecule has 0 amide bonds. The second-order valence-corrected chi connectivity index (χ2v) is 5.27. The Labute approximate surface area is 144 Å². The van der Waals surface area contributed by atoms with Crippen LogP contribution in [0.4, 0.5) is 0 Å². The summed E-state index contributed by atoms with van der Waals surface area (Å²) in [7, 11) is 3.29. The van der Waals surface area contributed by atoms with Crippen molar-refractivity contribution in [3.63, 3.8) is 0 Å². The topological polar surface area (TPSA) is 77.1 Å². The van der Waals surface area contributed by atoms with Gasteiger partial charge in [-0.05, 0) is 0 Å². The Hall–Kier alpha value is -0.320. The van der Waals surface area contributed by atoms with Crippen LogP contribution in [0.5, 0.6) is 0 Å². The zero-order valence-electron chi connectivity index (χ0n) is 14.9. The minimum absolute atomic E-state index is 0.118. The van der Waals surface area contributed by atoms with Gasteiger partial charge in [0.1, 0.15) is 12.2 Å². The maximum Gasteiger partial charge on any atom is 0.104 e. The molecule has 1 unspecified atom stereocenters. The molecule has 1 saturated heterocycles. The fourth-order valence-corrected chi connectivity index (χ4v) is 1.71. The monoisotopic (exact) mass is 352 g/mol. The molecule has 0 aromatic rings. The highest BCUT2D eigenvalue weighted by atomic mass is 16.6. The Balaban J connectivity index is 1.99. The first kappa shape index (κ1) is 21.7. The van der Waals surface area contributed by atoms with Crippen molar-refractivity contribution in [1.82, 2.24) is 0 Å². The number of hydrogen-bond donors (Lipinski definition) is 0. The molecule has 1 fully saturated rings. The van der Waals surface area contributed by atoms with Crippen molar-refractivity contribution in [2.45, 2.75) is 12.2 Å². The number of epoxide rings is 1. The Bertz CT molecular complexity index is 244. The summed E-state index contributed by atoms with van der Waals surface area (Å²) in [5, 5.41) is 0. The van der Waals surface area contributed by atoms with Crippen molar-refractivity contribution < 1.29 is 37.9 Å². The quantitative estimate of drug-likeness (QED) is 0.240. The zero-order chi connectivity index (χ0) is 17.3. The summed E-state index contributed by atoms with van der Waals surface area (Å²) in [6.07, 6.45) is 0.106. The summed E-state index contributed by atoms with van der Waals surface area (Å²) in [5.41, 5.74) is 0. The van der Waals surface area contributed by atoms with Gasteiger partial charge < -0.3 is 37.9 Å². The molecule has 0 aromatic heterocycles. The lowest BCUT2D eigenvalue weighted by Crippen LogP contribution is -2.29. The van der Waals surface area contributed by atoms with Crippen molar-refractivity contribution in [2.24, 2.45) is 0 Å². The van der Waals surface area contributed by atoms with Gasteiger partial charge in [-0.3, -0.25) is 0 Å². The molecule has 1 aliphatic heterocycles. The molecule has 0 radical (unpaired) electrons. The van der Waals surface area contributed by atoms with Gasteiger partial charge in [-0.15, -0.1) is 0 Å². The van der Waals surface area contributed by atoms with E-state index in [-0.39, 0.29) is 12.2 Å². The second kappa shape index (κ2) is 16.2. The van der Waals surface area contributed by atoms with E-state index < -0.39 is 0 Å². The van der Waals surface area contributed by atoms with Crippen LogP contribution < -0.4 is 0 Å². The lowest BCUT2D eigenvalue weighted by molar-refractivity contribution is -0.0771. The van der Waals surface area contributed by atoms with Gasteiger partial charge in [0.2, 0.25) is 0 Å². The normalized spacial score (nSPS) is 16.9. The van der Waals surface area contributed by atoms with Crippen molar-refractivity contribution in [2.75, 3.05) is 93.5 Å². The zero-order valence-corrected chi connectivity index (χ0v) is 14.9. The van der Waals surface area contributed by atoms with Gasteiger partial charge in [-0.25, -0.2) is 0 Å². The Morgan fingerprint density at radius 1 is 0.750 bits per heavy atom. The number of methoxy groups -OCH3 is 2. The third-order valence-electron chi connectivity index (χ3n) is 3.14. The van der Waals surface area contributed by atoms with Crippen molar-refractivity contribution in [1.29, 1.82) is 0 Å². The summed E-state index contributed by atoms with van der Waals surface area (Å²) in [5.74, 6) is 0. The van der Waals surface area contributed by atoms with Gasteiger partial charge in [0.05, 0.1) is 79.3 Å². The molecule has 0 spiro atoms. The van der Waals surface area contributed by atoms with Crippen LogP contribution in [0.15, 0.2) is 0 Å². The first-order chi connectivity index (χ1) is 11.9. The van der Waals surface area contributed by atoms with E-state index in [9.17, 15) is 0 Å². The van der Waals surface area contributed by atoms with Crippen LogP contribution in [-0.2, 0) is 37.9 Å². The van der Waals surface area contributed by atoms with Crippen molar-refractivity contribution >= 4 is 0 Å². The molecule has 144 valence electrons. The Kier molecular flexibility index (Phi) is 14.6. The van der Waals surface area contributed by atoms with E-state index in [0.717, 1.165) is 6.61 Å². The van der Waals surface area contributed by atoms with E-state index >= 15 is 0 Å². The summed E-state index contributed by atoms with van der Waals surface area (Å²) in [6.45, 7) is 6.72. The first-order valence-electron chi connectivity index (χ1n) is 8.38. The molecule has 1 aliphatic rings. The average molecular weight is 352 g/mol. The van der Waals surface area contributed by atoms with Gasteiger partial charge >= 0.3 is 0 Å². The largest absolute Gasteiger partial charge is 0.382 e. The molecule has 1 atom stereocenters. The van der Waals surface area contributed by atoms with Crippen LogP contribution in [0, 0.1) is 0 Å². The Morgan fingerprint density at radius 2 is 1.21 bits per heavy atom. The molecule has 8 nitrogen and oxygen atoms in total. The summed E-state index contributed by atoms with van der Waals surface area (Å²) >= 11 is 0. The fraction of sp³-hybridized carbons (Fsp3) is 1.00. The highest BCUT2D eigenvalue weighted by Crippen LogP contribution is 2.10. The van der Waals surface area contributed by atoms with Crippen LogP contribution in [0.2, 0.25) is 0 Å². The number of ether oxygens (including phenoxy) is 8. The van der Waals surface area contributed by atoms with E-state index in [0.29, 0.717) is 72.7 Å². The third-order valence-corrected chi connectivity index (χ3v) is 3.14. The summed E-state index contributed by atoms with van der Waals surface area (Å²) in [6, 6.07) is 0. The van der Waals surface area contributed by atoms with Gasteiger partial charge in [-0.1, -0.05) is 0 Å².